The van der Waals surface area contributed by atoms with Gasteiger partial charge in [-0.25, -0.2) is 9.97 Å². The lowest BCUT2D eigenvalue weighted by Crippen LogP contribution is -2.22. The first-order valence-electron chi connectivity index (χ1n) is 13.1. The molecule has 1 saturated heterocycles. The van der Waals surface area contributed by atoms with Crippen LogP contribution in [0.2, 0.25) is 0 Å². The lowest BCUT2D eigenvalue weighted by molar-refractivity contribution is 0.144. The molecule has 2 aliphatic heterocycles. The number of aromatic nitrogens is 3. The van der Waals surface area contributed by atoms with E-state index in [1.165, 1.54) is 25.9 Å². The Labute approximate surface area is 213 Å². The van der Waals surface area contributed by atoms with Gasteiger partial charge in [0.1, 0.15) is 5.75 Å². The van der Waals surface area contributed by atoms with Gasteiger partial charge in [0.2, 0.25) is 5.95 Å². The highest BCUT2D eigenvalue weighted by Gasteiger charge is 2.12. The van der Waals surface area contributed by atoms with E-state index in [2.05, 4.69) is 44.5 Å². The Hall–Kier alpha value is -3.29. The number of aryl methyl sites for hydroxylation is 1. The molecule has 3 aromatic rings. The van der Waals surface area contributed by atoms with Crippen molar-refractivity contribution in [3.63, 3.8) is 0 Å². The van der Waals surface area contributed by atoms with Gasteiger partial charge >= 0.3 is 0 Å². The first-order chi connectivity index (χ1) is 17.8. The van der Waals surface area contributed by atoms with Gasteiger partial charge in [0.05, 0.1) is 25.5 Å². The summed E-state index contributed by atoms with van der Waals surface area (Å²) in [6.07, 6.45) is 14.6. The van der Waals surface area contributed by atoms with Crippen molar-refractivity contribution in [2.24, 2.45) is 0 Å². The SMILES string of the molecule is C1=CCOCc2cc(ccc2OCCCN2CCCC2)Nc2nccc(n2)-c2ccnc(c2)CCC1. The zero-order chi connectivity index (χ0) is 24.4. The minimum atomic E-state index is 0.483. The van der Waals surface area contributed by atoms with Crippen LogP contribution in [-0.4, -0.2) is 52.7 Å². The van der Waals surface area contributed by atoms with Crippen LogP contribution >= 0.6 is 0 Å². The zero-order valence-corrected chi connectivity index (χ0v) is 20.9. The van der Waals surface area contributed by atoms with Gasteiger partial charge in [-0.15, -0.1) is 0 Å². The third-order valence-electron chi connectivity index (χ3n) is 6.60. The number of anilines is 2. The maximum Gasteiger partial charge on any atom is 0.227 e. The van der Waals surface area contributed by atoms with E-state index in [0.29, 0.717) is 25.8 Å². The second-order valence-electron chi connectivity index (χ2n) is 9.38. The second-order valence-corrected chi connectivity index (χ2v) is 9.38. The van der Waals surface area contributed by atoms with E-state index in [1.807, 2.05) is 30.5 Å². The van der Waals surface area contributed by atoms with Crippen molar-refractivity contribution in [1.29, 1.82) is 0 Å². The Balaban J connectivity index is 1.33. The number of pyridine rings is 1. The van der Waals surface area contributed by atoms with Crippen LogP contribution in [-0.2, 0) is 17.8 Å². The minimum absolute atomic E-state index is 0.483. The van der Waals surface area contributed by atoms with Crippen LogP contribution in [0.3, 0.4) is 0 Å². The molecule has 0 atom stereocenters. The molecule has 0 spiro atoms. The topological polar surface area (TPSA) is 72.4 Å². The van der Waals surface area contributed by atoms with Crippen LogP contribution in [0.1, 0.15) is 43.4 Å². The predicted octanol–water partition coefficient (Wildman–Crippen LogP) is 5.56. The van der Waals surface area contributed by atoms with Gasteiger partial charge in [-0.2, -0.15) is 0 Å². The molecule has 1 aromatic carbocycles. The normalized spacial score (nSPS) is 16.7. The molecule has 188 valence electrons. The van der Waals surface area contributed by atoms with Crippen LogP contribution in [0.5, 0.6) is 5.75 Å². The smallest absolute Gasteiger partial charge is 0.227 e. The lowest BCUT2D eigenvalue weighted by Gasteiger charge is -2.16. The average Bonchev–Trinajstić information content (AvgIpc) is 3.43. The molecule has 0 radical (unpaired) electrons. The second kappa shape index (κ2) is 12.6. The van der Waals surface area contributed by atoms with E-state index in [-0.39, 0.29) is 0 Å². The first kappa shape index (κ1) is 24.4. The van der Waals surface area contributed by atoms with E-state index < -0.39 is 0 Å². The summed E-state index contributed by atoms with van der Waals surface area (Å²) >= 11 is 0. The molecule has 0 saturated carbocycles. The molecular weight excluding hydrogens is 450 g/mol. The van der Waals surface area contributed by atoms with Crippen molar-refractivity contribution in [3.05, 3.63) is 72.2 Å². The number of fused-ring (bicyclic) bond motifs is 7. The van der Waals surface area contributed by atoms with Gasteiger partial charge in [-0.1, -0.05) is 12.2 Å². The molecular formula is C29H35N5O2. The van der Waals surface area contributed by atoms with E-state index >= 15 is 0 Å². The summed E-state index contributed by atoms with van der Waals surface area (Å²) in [5.41, 5.74) is 4.92. The van der Waals surface area contributed by atoms with E-state index in [0.717, 1.165) is 66.2 Å². The van der Waals surface area contributed by atoms with Gasteiger partial charge in [0.15, 0.2) is 0 Å². The monoisotopic (exact) mass is 485 g/mol. The molecule has 5 rings (SSSR count). The van der Waals surface area contributed by atoms with Crippen molar-refractivity contribution < 1.29 is 9.47 Å². The molecule has 36 heavy (non-hydrogen) atoms. The fraction of sp³-hybridized carbons (Fsp3) is 0.414. The van der Waals surface area contributed by atoms with Gasteiger partial charge < -0.3 is 19.7 Å². The summed E-state index contributed by atoms with van der Waals surface area (Å²) in [5, 5.41) is 3.36. The van der Waals surface area contributed by atoms with E-state index in [9.17, 15) is 0 Å². The fourth-order valence-corrected chi connectivity index (χ4v) is 4.69. The van der Waals surface area contributed by atoms with Gasteiger partial charge in [0, 0.05) is 41.4 Å². The van der Waals surface area contributed by atoms with Crippen LogP contribution in [0.4, 0.5) is 11.6 Å². The number of hydrogen-bond donors (Lipinski definition) is 1. The third-order valence-corrected chi connectivity index (χ3v) is 6.60. The summed E-state index contributed by atoms with van der Waals surface area (Å²) in [5.74, 6) is 1.43. The molecule has 0 aliphatic carbocycles. The molecule has 2 aliphatic rings. The lowest BCUT2D eigenvalue weighted by atomic mass is 10.1. The van der Waals surface area contributed by atoms with Crippen LogP contribution in [0.15, 0.2) is 60.9 Å². The summed E-state index contributed by atoms with van der Waals surface area (Å²) in [6.45, 7) is 5.30. The first-order valence-corrected chi connectivity index (χ1v) is 13.1. The largest absolute Gasteiger partial charge is 0.493 e. The predicted molar refractivity (Wildman–Crippen MR) is 143 cm³/mol. The maximum atomic E-state index is 6.19. The summed E-state index contributed by atoms with van der Waals surface area (Å²) in [7, 11) is 0. The molecule has 0 unspecified atom stereocenters. The molecule has 2 aromatic heterocycles. The molecule has 6 bridgehead atoms. The highest BCUT2D eigenvalue weighted by molar-refractivity contribution is 5.63. The number of nitrogens with zero attached hydrogens (tertiary/aromatic N) is 4. The van der Waals surface area contributed by atoms with Gasteiger partial charge in [-0.05, 0) is 88.0 Å². The van der Waals surface area contributed by atoms with E-state index in [4.69, 9.17) is 14.5 Å². The number of nitrogens with one attached hydrogen (secondary N) is 1. The van der Waals surface area contributed by atoms with Gasteiger partial charge in [0.25, 0.3) is 0 Å². The average molecular weight is 486 g/mol. The molecule has 0 amide bonds. The Kier molecular flexibility index (Phi) is 8.55. The number of hydrogen-bond acceptors (Lipinski definition) is 7. The fourth-order valence-electron chi connectivity index (χ4n) is 4.69. The molecule has 1 N–H and O–H groups in total. The summed E-state index contributed by atoms with van der Waals surface area (Å²) < 4.78 is 12.2. The highest BCUT2D eigenvalue weighted by atomic mass is 16.5. The minimum Gasteiger partial charge on any atom is -0.493 e. The Bertz CT molecular complexity index is 1160. The van der Waals surface area contributed by atoms with Gasteiger partial charge in [-0.3, -0.25) is 4.98 Å². The number of benzene rings is 1. The zero-order valence-electron chi connectivity index (χ0n) is 20.9. The van der Waals surface area contributed by atoms with Crippen LogP contribution < -0.4 is 10.1 Å². The van der Waals surface area contributed by atoms with Crippen LogP contribution in [0.25, 0.3) is 11.3 Å². The quantitative estimate of drug-likeness (QED) is 0.375. The number of allylic oxidation sites excluding steroid dienone is 1. The number of likely N-dealkylation sites (tertiary alicyclic amines) is 1. The molecule has 1 fully saturated rings. The standard InChI is InChI=1S/C29H35N5O2/c1-2-6-18-35-22-24-21-26(9-10-28(24)36-19-7-17-34-15-4-5-16-34)32-29-31-14-12-27(33-29)23-11-13-30-25(20-23)8-3-1/h2,6,9-14,20-21H,1,3-5,7-8,15-19,22H2,(H,31,32,33). The molecule has 7 heteroatoms. The van der Waals surface area contributed by atoms with Crippen LogP contribution in [0, 0.1) is 0 Å². The summed E-state index contributed by atoms with van der Waals surface area (Å²) in [6, 6.07) is 12.2. The number of rotatable bonds is 5. The highest BCUT2D eigenvalue weighted by Crippen LogP contribution is 2.27. The Morgan fingerprint density at radius 3 is 2.83 bits per heavy atom. The molecule has 7 nitrogen and oxygen atoms in total. The van der Waals surface area contributed by atoms with Crippen molar-refractivity contribution in [3.8, 4) is 17.0 Å². The number of ether oxygens (including phenoxy) is 2. The van der Waals surface area contributed by atoms with Crippen molar-refractivity contribution in [1.82, 2.24) is 19.9 Å². The van der Waals surface area contributed by atoms with E-state index in [1.54, 1.807) is 6.20 Å². The maximum absolute atomic E-state index is 6.19. The Morgan fingerprint density at radius 1 is 0.972 bits per heavy atom. The van der Waals surface area contributed by atoms with Crippen molar-refractivity contribution in [2.75, 3.05) is 38.2 Å². The Morgan fingerprint density at radius 2 is 1.89 bits per heavy atom. The molecule has 4 heterocycles. The summed E-state index contributed by atoms with van der Waals surface area (Å²) in [4.78, 5) is 16.2. The third kappa shape index (κ3) is 6.89. The van der Waals surface area contributed by atoms with Crippen molar-refractivity contribution >= 4 is 11.6 Å². The van der Waals surface area contributed by atoms with Crippen molar-refractivity contribution in [2.45, 2.75) is 45.1 Å².